The summed E-state index contributed by atoms with van der Waals surface area (Å²) in [6.45, 7) is 9.14. The van der Waals surface area contributed by atoms with Crippen LogP contribution < -0.4 is 14.8 Å². The Balaban J connectivity index is 1.90. The molecule has 2 aromatic rings. The first-order valence-electron chi connectivity index (χ1n) is 10.2. The Morgan fingerprint density at radius 2 is 2.13 bits per heavy atom. The number of hydrogen-bond donors (Lipinski definition) is 3. The molecular weight excluding hydrogens is 400 g/mol. The molecule has 0 amide bonds. The highest BCUT2D eigenvalue weighted by atomic mass is 32.2. The lowest BCUT2D eigenvalue weighted by molar-refractivity contribution is 0.0611. The summed E-state index contributed by atoms with van der Waals surface area (Å²) in [5.74, 6) is 1.55. The predicted octanol–water partition coefficient (Wildman–Crippen LogP) is 2.81. The minimum absolute atomic E-state index is 0.0852. The fraction of sp³-hybridized carbons (Fsp3) is 0.524. The van der Waals surface area contributed by atoms with Crippen molar-refractivity contribution < 1.29 is 8.95 Å². The maximum Gasteiger partial charge on any atom is 0.222 e. The van der Waals surface area contributed by atoms with Gasteiger partial charge < -0.3 is 15.0 Å². The van der Waals surface area contributed by atoms with Crippen molar-refractivity contribution in [3.8, 4) is 0 Å². The van der Waals surface area contributed by atoms with Crippen LogP contribution in [0.25, 0.3) is 11.0 Å². The molecule has 3 rings (SSSR count). The van der Waals surface area contributed by atoms with Crippen molar-refractivity contribution in [1.82, 2.24) is 14.3 Å². The molecule has 9 heteroatoms. The molecule has 0 aliphatic carbocycles. The van der Waals surface area contributed by atoms with Gasteiger partial charge >= 0.3 is 0 Å². The average Bonchev–Trinajstić information content (AvgIpc) is 3.06. The highest BCUT2D eigenvalue weighted by Gasteiger charge is 2.25. The molecule has 1 atom stereocenters. The Labute approximate surface area is 180 Å². The highest BCUT2D eigenvalue weighted by molar-refractivity contribution is 7.84. The smallest absolute Gasteiger partial charge is 0.222 e. The fourth-order valence-electron chi connectivity index (χ4n) is 3.62. The number of hydrogen-bond acceptors (Lipinski definition) is 4. The van der Waals surface area contributed by atoms with Crippen molar-refractivity contribution in [1.29, 1.82) is 5.41 Å². The lowest BCUT2D eigenvalue weighted by Gasteiger charge is -2.26. The Morgan fingerprint density at radius 3 is 2.77 bits per heavy atom. The second-order valence-electron chi connectivity index (χ2n) is 8.68. The average molecular weight is 433 g/mol. The molecule has 164 valence electrons. The van der Waals surface area contributed by atoms with Gasteiger partial charge in [-0.25, -0.2) is 9.19 Å². The number of rotatable bonds is 7. The SMILES string of the molecule is CN(c1ccc2c(c1)nc(C(C)(C)C)n2CC1CCOCC1)S(=O)N/C=C\C(=N)N. The van der Waals surface area contributed by atoms with Gasteiger partial charge in [-0.3, -0.25) is 14.4 Å². The van der Waals surface area contributed by atoms with E-state index in [1.807, 2.05) is 12.1 Å². The number of nitrogens with one attached hydrogen (secondary N) is 2. The lowest BCUT2D eigenvalue weighted by atomic mass is 9.94. The van der Waals surface area contributed by atoms with Gasteiger partial charge in [-0.1, -0.05) is 20.8 Å². The number of nitrogens with two attached hydrogens (primary N) is 1. The molecule has 1 fully saturated rings. The van der Waals surface area contributed by atoms with Crippen LogP contribution in [0.4, 0.5) is 5.69 Å². The summed E-state index contributed by atoms with van der Waals surface area (Å²) in [5, 5.41) is 7.19. The molecule has 0 saturated carbocycles. The molecule has 1 aliphatic heterocycles. The van der Waals surface area contributed by atoms with E-state index in [9.17, 15) is 4.21 Å². The van der Waals surface area contributed by atoms with Crippen LogP contribution in [-0.2, 0) is 27.9 Å². The molecule has 1 aliphatic rings. The van der Waals surface area contributed by atoms with Crippen molar-refractivity contribution in [2.24, 2.45) is 11.7 Å². The largest absolute Gasteiger partial charge is 0.384 e. The molecule has 4 N–H and O–H groups in total. The van der Waals surface area contributed by atoms with Crippen molar-refractivity contribution in [3.05, 3.63) is 36.3 Å². The summed E-state index contributed by atoms with van der Waals surface area (Å²) in [6, 6.07) is 6.00. The molecule has 1 saturated heterocycles. The van der Waals surface area contributed by atoms with Crippen LogP contribution in [0.3, 0.4) is 0 Å². The molecule has 1 aromatic carbocycles. The molecule has 0 radical (unpaired) electrons. The van der Waals surface area contributed by atoms with Crippen LogP contribution in [-0.4, -0.2) is 39.9 Å². The zero-order valence-corrected chi connectivity index (χ0v) is 19.0. The van der Waals surface area contributed by atoms with Gasteiger partial charge in [-0.05, 0) is 43.0 Å². The summed E-state index contributed by atoms with van der Waals surface area (Å²) < 4.78 is 24.7. The van der Waals surface area contributed by atoms with E-state index in [4.69, 9.17) is 20.9 Å². The highest BCUT2D eigenvalue weighted by Crippen LogP contribution is 2.31. The topological polar surface area (TPSA) is 109 Å². The van der Waals surface area contributed by atoms with Gasteiger partial charge in [-0.15, -0.1) is 0 Å². The van der Waals surface area contributed by atoms with E-state index in [-0.39, 0.29) is 11.3 Å². The Hall–Kier alpha value is -2.39. The maximum atomic E-state index is 12.5. The van der Waals surface area contributed by atoms with Gasteiger partial charge in [0.2, 0.25) is 11.2 Å². The summed E-state index contributed by atoms with van der Waals surface area (Å²) in [5.41, 5.74) is 7.97. The number of nitrogens with zero attached hydrogens (tertiary/aromatic N) is 3. The number of aromatic nitrogens is 2. The minimum atomic E-state index is -1.50. The molecule has 30 heavy (non-hydrogen) atoms. The summed E-state index contributed by atoms with van der Waals surface area (Å²) in [7, 11) is 1.75. The van der Waals surface area contributed by atoms with E-state index in [0.717, 1.165) is 55.1 Å². The molecular formula is C21H32N6O2S. The first-order valence-corrected chi connectivity index (χ1v) is 11.3. The number of fused-ring (bicyclic) bond motifs is 1. The molecule has 1 unspecified atom stereocenters. The number of benzene rings is 1. The number of ether oxygens (including phenoxy) is 1. The van der Waals surface area contributed by atoms with Crippen molar-refractivity contribution >= 4 is 33.7 Å². The van der Waals surface area contributed by atoms with E-state index in [1.165, 1.54) is 12.3 Å². The van der Waals surface area contributed by atoms with E-state index < -0.39 is 11.2 Å². The van der Waals surface area contributed by atoms with Crippen LogP contribution in [0.2, 0.25) is 0 Å². The second kappa shape index (κ2) is 9.18. The minimum Gasteiger partial charge on any atom is -0.384 e. The van der Waals surface area contributed by atoms with E-state index in [1.54, 1.807) is 11.4 Å². The molecule has 1 aromatic heterocycles. The molecule has 0 spiro atoms. The third kappa shape index (κ3) is 5.20. The Morgan fingerprint density at radius 1 is 1.43 bits per heavy atom. The Kier molecular flexibility index (Phi) is 6.82. The monoisotopic (exact) mass is 432 g/mol. The summed E-state index contributed by atoms with van der Waals surface area (Å²) >= 11 is -1.50. The van der Waals surface area contributed by atoms with Crippen molar-refractivity contribution in [2.45, 2.75) is 45.6 Å². The van der Waals surface area contributed by atoms with Crippen LogP contribution in [0.15, 0.2) is 30.5 Å². The van der Waals surface area contributed by atoms with Crippen LogP contribution in [0, 0.1) is 11.3 Å². The predicted molar refractivity (Wildman–Crippen MR) is 123 cm³/mol. The third-order valence-electron chi connectivity index (χ3n) is 5.23. The number of imidazole rings is 1. The van der Waals surface area contributed by atoms with E-state index in [0.29, 0.717) is 5.92 Å². The van der Waals surface area contributed by atoms with Crippen molar-refractivity contribution in [3.63, 3.8) is 0 Å². The third-order valence-corrected chi connectivity index (χ3v) is 6.27. The van der Waals surface area contributed by atoms with Crippen LogP contribution in [0.5, 0.6) is 0 Å². The second-order valence-corrected chi connectivity index (χ2v) is 9.96. The van der Waals surface area contributed by atoms with Crippen LogP contribution in [0.1, 0.15) is 39.4 Å². The lowest BCUT2D eigenvalue weighted by Crippen LogP contribution is -2.29. The quantitative estimate of drug-likeness (QED) is 0.462. The first kappa shape index (κ1) is 22.3. The van der Waals surface area contributed by atoms with Gasteiger partial charge in [0.15, 0.2) is 0 Å². The Bertz CT molecular complexity index is 956. The standard InChI is InChI=1S/C21H32N6O2S/c1-21(2,3)20-25-17-13-16(26(4)30(28)24-10-7-19(22)23)5-6-18(17)27(20)14-15-8-11-29-12-9-15/h5-7,10,13,15,24H,8-9,11-12,14H2,1-4H3,(H3,22,23)/b10-7-. The van der Waals surface area contributed by atoms with Gasteiger partial charge in [0, 0.05) is 38.4 Å². The van der Waals surface area contributed by atoms with Gasteiger partial charge in [0.05, 0.1) is 16.7 Å². The molecule has 8 nitrogen and oxygen atoms in total. The number of amidine groups is 1. The fourth-order valence-corrected chi connectivity index (χ4v) is 4.26. The van der Waals surface area contributed by atoms with E-state index in [2.05, 4.69) is 36.1 Å². The molecule has 0 bridgehead atoms. The van der Waals surface area contributed by atoms with E-state index >= 15 is 0 Å². The normalized spacial score (nSPS) is 16.8. The first-order chi connectivity index (χ1) is 14.2. The molecule has 2 heterocycles. The number of anilines is 1. The summed E-state index contributed by atoms with van der Waals surface area (Å²) in [6.07, 6.45) is 4.90. The van der Waals surface area contributed by atoms with Crippen molar-refractivity contribution in [2.75, 3.05) is 24.6 Å². The van der Waals surface area contributed by atoms with Gasteiger partial charge in [0.25, 0.3) is 0 Å². The van der Waals surface area contributed by atoms with Gasteiger partial charge in [0.1, 0.15) is 11.7 Å². The van der Waals surface area contributed by atoms with Crippen LogP contribution >= 0.6 is 0 Å². The maximum absolute atomic E-state index is 12.5. The van der Waals surface area contributed by atoms with Gasteiger partial charge in [-0.2, -0.15) is 0 Å². The zero-order chi connectivity index (χ0) is 21.9. The zero-order valence-electron chi connectivity index (χ0n) is 18.1. The summed E-state index contributed by atoms with van der Waals surface area (Å²) in [4.78, 5) is 4.96.